The summed E-state index contributed by atoms with van der Waals surface area (Å²) in [4.78, 5) is 10.8. The summed E-state index contributed by atoms with van der Waals surface area (Å²) >= 11 is 0. The summed E-state index contributed by atoms with van der Waals surface area (Å²) in [5, 5.41) is 0. The van der Waals surface area contributed by atoms with Crippen LogP contribution in [-0.4, -0.2) is 13.1 Å². The molecule has 0 amide bonds. The van der Waals surface area contributed by atoms with Gasteiger partial charge in [-0.2, -0.15) is 0 Å². The van der Waals surface area contributed by atoms with Crippen molar-refractivity contribution in [2.45, 2.75) is 6.42 Å². The number of rotatable bonds is 2. The minimum absolute atomic E-state index is 0.198. The van der Waals surface area contributed by atoms with Gasteiger partial charge < -0.3 is 4.74 Å². The zero-order chi connectivity index (χ0) is 8.10. The highest BCUT2D eigenvalue weighted by molar-refractivity contribution is 5.72. The number of carbonyl (C=O) groups excluding carboxylic acids is 1. The molecule has 1 rings (SSSR count). The molecule has 1 aromatic carbocycles. The normalized spacial score (nSPS) is 9.18. The lowest BCUT2D eigenvalue weighted by Gasteiger charge is -1.97. The summed E-state index contributed by atoms with van der Waals surface area (Å²) in [7, 11) is 1.39. The Morgan fingerprint density at radius 1 is 1.36 bits per heavy atom. The number of esters is 1. The standard InChI is InChI=1S/C9H10O2/c1-11-9(10)7-8-5-3-2-4-6-8/h2-6H,7H2,1H3/i2+1,3+1,4+1,5+1,6+1,7+1,8+1,9+1. The van der Waals surface area contributed by atoms with E-state index in [9.17, 15) is 4.79 Å². The van der Waals surface area contributed by atoms with Crippen LogP contribution in [0.3, 0.4) is 0 Å². The third-order valence-corrected chi connectivity index (χ3v) is 1.42. The first-order valence-electron chi connectivity index (χ1n) is 3.43. The maximum absolute atomic E-state index is 10.8. The van der Waals surface area contributed by atoms with E-state index in [4.69, 9.17) is 0 Å². The molecule has 0 saturated heterocycles. The van der Waals surface area contributed by atoms with Gasteiger partial charge in [0.15, 0.2) is 0 Å². The molecule has 58 valence electrons. The first-order valence-corrected chi connectivity index (χ1v) is 3.43. The molecule has 11 heavy (non-hydrogen) atoms. The minimum atomic E-state index is -0.198. The Bertz CT molecular complexity index is 229. The SMILES string of the molecule is CO[13C](=O)[13CH2][13c]1[13cH][13cH][13cH][13cH][13cH]1. The molecule has 0 aromatic heterocycles. The Morgan fingerprint density at radius 2 is 2.00 bits per heavy atom. The van der Waals surface area contributed by atoms with Crippen LogP contribution in [0.5, 0.6) is 0 Å². The highest BCUT2D eigenvalue weighted by Crippen LogP contribution is 1.99. The van der Waals surface area contributed by atoms with E-state index in [0.717, 1.165) is 5.56 Å². The number of carbonyl (C=O) groups is 1. The largest absolute Gasteiger partial charge is 0.469 e. The van der Waals surface area contributed by atoms with Gasteiger partial charge in [-0.15, -0.1) is 0 Å². The van der Waals surface area contributed by atoms with E-state index in [1.807, 2.05) is 30.3 Å². The zero-order valence-corrected chi connectivity index (χ0v) is 6.41. The first-order chi connectivity index (χ1) is 5.33. The zero-order valence-electron chi connectivity index (χ0n) is 6.41. The monoisotopic (exact) mass is 158 g/mol. The summed E-state index contributed by atoms with van der Waals surface area (Å²) in [6.45, 7) is 0. The Labute approximate surface area is 65.8 Å². The van der Waals surface area contributed by atoms with Gasteiger partial charge in [-0.05, 0) is 5.56 Å². The molecule has 0 aliphatic rings. The lowest BCUT2D eigenvalue weighted by molar-refractivity contribution is -0.139. The van der Waals surface area contributed by atoms with Crippen molar-refractivity contribution in [2.75, 3.05) is 7.11 Å². The fourth-order valence-corrected chi connectivity index (χ4v) is 0.835. The molecule has 0 saturated carbocycles. The quantitative estimate of drug-likeness (QED) is 0.480. The van der Waals surface area contributed by atoms with Gasteiger partial charge in [0.2, 0.25) is 0 Å². The molecular weight excluding hydrogens is 148 g/mol. The fraction of sp³-hybridized carbons (Fsp3) is 0.222. The van der Waals surface area contributed by atoms with Crippen LogP contribution >= 0.6 is 0 Å². The minimum Gasteiger partial charge on any atom is -0.469 e. The van der Waals surface area contributed by atoms with Crippen molar-refractivity contribution in [3.05, 3.63) is 35.9 Å². The van der Waals surface area contributed by atoms with Crippen LogP contribution in [0.25, 0.3) is 0 Å². The van der Waals surface area contributed by atoms with Gasteiger partial charge >= 0.3 is 5.97 Å². The van der Waals surface area contributed by atoms with E-state index in [0.29, 0.717) is 6.42 Å². The highest BCUT2D eigenvalue weighted by Gasteiger charge is 1.99. The van der Waals surface area contributed by atoms with E-state index in [1.54, 1.807) is 0 Å². The second-order valence-electron chi connectivity index (χ2n) is 2.24. The second-order valence-corrected chi connectivity index (χ2v) is 2.24. The van der Waals surface area contributed by atoms with E-state index < -0.39 is 0 Å². The molecule has 2 nitrogen and oxygen atoms in total. The Hall–Kier alpha value is -1.31. The molecule has 0 fully saturated rings. The van der Waals surface area contributed by atoms with Crippen molar-refractivity contribution in [3.63, 3.8) is 0 Å². The molecule has 0 heterocycles. The van der Waals surface area contributed by atoms with Crippen LogP contribution in [-0.2, 0) is 16.0 Å². The molecule has 0 unspecified atom stereocenters. The van der Waals surface area contributed by atoms with Gasteiger partial charge in [-0.1, -0.05) is 30.3 Å². The topological polar surface area (TPSA) is 26.3 Å². The number of hydrogen-bond donors (Lipinski definition) is 0. The summed E-state index contributed by atoms with van der Waals surface area (Å²) in [6.07, 6.45) is 0.358. The lowest BCUT2D eigenvalue weighted by Crippen LogP contribution is -2.03. The van der Waals surface area contributed by atoms with Crippen molar-refractivity contribution in [1.82, 2.24) is 0 Å². The van der Waals surface area contributed by atoms with Crippen molar-refractivity contribution < 1.29 is 9.53 Å². The predicted octanol–water partition coefficient (Wildman–Crippen LogP) is 1.40. The smallest absolute Gasteiger partial charge is 0.309 e. The van der Waals surface area contributed by atoms with Crippen molar-refractivity contribution in [2.24, 2.45) is 0 Å². The maximum Gasteiger partial charge on any atom is 0.309 e. The summed E-state index contributed by atoms with van der Waals surface area (Å²) in [6, 6.07) is 9.52. The Morgan fingerprint density at radius 3 is 2.55 bits per heavy atom. The first kappa shape index (κ1) is 7.79. The van der Waals surface area contributed by atoms with Crippen LogP contribution in [0.2, 0.25) is 0 Å². The number of hydrogen-bond acceptors (Lipinski definition) is 2. The summed E-state index contributed by atoms with van der Waals surface area (Å²) in [5.74, 6) is -0.198. The maximum atomic E-state index is 10.8. The predicted molar refractivity (Wildman–Crippen MR) is 42.2 cm³/mol. The Kier molecular flexibility index (Phi) is 2.66. The molecule has 2 heteroatoms. The average molecular weight is 158 g/mol. The molecule has 0 aliphatic heterocycles. The lowest BCUT2D eigenvalue weighted by atomic mass is 11.1. The number of ether oxygens (including phenoxy) is 1. The summed E-state index contributed by atoms with van der Waals surface area (Å²) in [5.41, 5.74) is 0.986. The van der Waals surface area contributed by atoms with Gasteiger partial charge in [-0.3, -0.25) is 4.79 Å². The van der Waals surface area contributed by atoms with Gasteiger partial charge in [0.1, 0.15) is 0 Å². The van der Waals surface area contributed by atoms with Crippen molar-refractivity contribution in [3.8, 4) is 0 Å². The Balaban J connectivity index is 2.58. The average Bonchev–Trinajstić information content (AvgIpc) is 2.06. The van der Waals surface area contributed by atoms with Crippen LogP contribution in [0, 0.1) is 0 Å². The van der Waals surface area contributed by atoms with E-state index in [-0.39, 0.29) is 5.97 Å². The summed E-state index contributed by atoms with van der Waals surface area (Å²) < 4.78 is 4.52. The molecule has 0 spiro atoms. The van der Waals surface area contributed by atoms with Gasteiger partial charge in [0.25, 0.3) is 0 Å². The molecule has 0 bridgehead atoms. The van der Waals surface area contributed by atoms with Crippen LogP contribution < -0.4 is 0 Å². The molecule has 0 radical (unpaired) electrons. The molecule has 0 N–H and O–H groups in total. The molecule has 0 aliphatic carbocycles. The highest BCUT2D eigenvalue weighted by atomic mass is 16.6. The van der Waals surface area contributed by atoms with Crippen LogP contribution in [0.1, 0.15) is 5.56 Å². The van der Waals surface area contributed by atoms with E-state index in [1.165, 1.54) is 7.11 Å². The van der Waals surface area contributed by atoms with E-state index in [2.05, 4.69) is 4.74 Å². The van der Waals surface area contributed by atoms with Gasteiger partial charge in [0, 0.05) is 0 Å². The number of methoxy groups -OCH3 is 1. The third-order valence-electron chi connectivity index (χ3n) is 1.42. The molecule has 1 aromatic rings. The fourth-order valence-electron chi connectivity index (χ4n) is 0.835. The van der Waals surface area contributed by atoms with Gasteiger partial charge in [0.05, 0.1) is 13.5 Å². The van der Waals surface area contributed by atoms with Crippen LogP contribution in [0.15, 0.2) is 30.3 Å². The second kappa shape index (κ2) is 3.76. The molecular formula is C9H10O2. The third kappa shape index (κ3) is 2.42. The van der Waals surface area contributed by atoms with Crippen molar-refractivity contribution >= 4 is 5.97 Å². The van der Waals surface area contributed by atoms with Gasteiger partial charge in [-0.25, -0.2) is 0 Å². The molecule has 0 atom stereocenters. The van der Waals surface area contributed by atoms with E-state index >= 15 is 0 Å². The number of benzene rings is 1. The van der Waals surface area contributed by atoms with Crippen LogP contribution in [0.4, 0.5) is 0 Å². The van der Waals surface area contributed by atoms with Crippen molar-refractivity contribution in [1.29, 1.82) is 0 Å².